The Labute approximate surface area is 119 Å². The molecule has 0 aliphatic carbocycles. The molecule has 0 saturated heterocycles. The van der Waals surface area contributed by atoms with E-state index in [1.165, 1.54) is 12.1 Å². The number of carbonyl (C=O) groups is 1. The number of hydrogen-bond donors (Lipinski definition) is 2. The summed E-state index contributed by atoms with van der Waals surface area (Å²) in [6, 6.07) is 4.36. The highest BCUT2D eigenvalue weighted by Gasteiger charge is 2.06. The molecule has 1 atom stereocenters. The summed E-state index contributed by atoms with van der Waals surface area (Å²) < 4.78 is 18.7. The van der Waals surface area contributed by atoms with Gasteiger partial charge in [-0.2, -0.15) is 0 Å². The molecule has 1 unspecified atom stereocenters. The van der Waals surface area contributed by atoms with Crippen molar-refractivity contribution in [1.29, 1.82) is 0 Å². The molecule has 1 amide bonds. The molecule has 112 valence electrons. The van der Waals surface area contributed by atoms with E-state index in [0.29, 0.717) is 18.7 Å². The Bertz CT molecular complexity index is 436. The minimum atomic E-state index is -0.385. The van der Waals surface area contributed by atoms with Gasteiger partial charge < -0.3 is 15.8 Å². The number of amides is 1. The first-order valence-electron chi connectivity index (χ1n) is 6.95. The zero-order chi connectivity index (χ0) is 15.0. The number of halogens is 1. The second-order valence-corrected chi connectivity index (χ2v) is 4.97. The number of unbranched alkanes of at least 4 members (excludes halogenated alkanes) is 1. The van der Waals surface area contributed by atoms with Gasteiger partial charge in [0.25, 0.3) is 5.91 Å². The maximum Gasteiger partial charge on any atom is 0.257 e. The predicted octanol–water partition coefficient (Wildman–Crippen LogP) is 2.01. The van der Waals surface area contributed by atoms with Crippen LogP contribution in [-0.4, -0.2) is 25.1 Å². The van der Waals surface area contributed by atoms with Crippen LogP contribution in [0.5, 0.6) is 5.75 Å². The lowest BCUT2D eigenvalue weighted by Crippen LogP contribution is -2.29. The van der Waals surface area contributed by atoms with Crippen molar-refractivity contribution in [3.05, 3.63) is 29.6 Å². The topological polar surface area (TPSA) is 64.3 Å². The number of nitrogens with one attached hydrogen (secondary N) is 1. The largest absolute Gasteiger partial charge is 0.484 e. The minimum Gasteiger partial charge on any atom is -0.484 e. The van der Waals surface area contributed by atoms with Crippen molar-refractivity contribution < 1.29 is 13.9 Å². The third kappa shape index (κ3) is 6.52. The average Bonchev–Trinajstić information content (AvgIpc) is 2.35. The van der Waals surface area contributed by atoms with Crippen LogP contribution in [0.25, 0.3) is 0 Å². The van der Waals surface area contributed by atoms with Gasteiger partial charge in [0.15, 0.2) is 6.61 Å². The second-order valence-electron chi connectivity index (χ2n) is 4.97. The average molecular weight is 282 g/mol. The van der Waals surface area contributed by atoms with Gasteiger partial charge in [0.05, 0.1) is 0 Å². The van der Waals surface area contributed by atoms with Crippen LogP contribution in [0.1, 0.15) is 32.3 Å². The second kappa shape index (κ2) is 8.53. The summed E-state index contributed by atoms with van der Waals surface area (Å²) in [7, 11) is 0. The molecule has 1 rings (SSSR count). The molecule has 20 heavy (non-hydrogen) atoms. The van der Waals surface area contributed by atoms with E-state index >= 15 is 0 Å². The number of ether oxygens (including phenoxy) is 1. The first kappa shape index (κ1) is 16.4. The van der Waals surface area contributed by atoms with Gasteiger partial charge in [0.2, 0.25) is 0 Å². The summed E-state index contributed by atoms with van der Waals surface area (Å²) in [4.78, 5) is 11.5. The van der Waals surface area contributed by atoms with Crippen LogP contribution in [0.4, 0.5) is 4.39 Å². The normalized spacial score (nSPS) is 12.0. The summed E-state index contributed by atoms with van der Waals surface area (Å²) in [6.45, 7) is 4.44. The third-order valence-electron chi connectivity index (χ3n) is 2.71. The van der Waals surface area contributed by atoms with Crippen molar-refractivity contribution in [1.82, 2.24) is 5.32 Å². The lowest BCUT2D eigenvalue weighted by Gasteiger charge is -2.10. The highest BCUT2D eigenvalue weighted by atomic mass is 19.1. The van der Waals surface area contributed by atoms with Gasteiger partial charge >= 0.3 is 0 Å². The number of nitrogens with two attached hydrogens (primary N) is 1. The maximum absolute atomic E-state index is 13.4. The van der Waals surface area contributed by atoms with Gasteiger partial charge in [-0.25, -0.2) is 4.39 Å². The molecule has 0 aliphatic heterocycles. The van der Waals surface area contributed by atoms with E-state index in [4.69, 9.17) is 10.5 Å². The van der Waals surface area contributed by atoms with Crippen LogP contribution < -0.4 is 15.8 Å². The molecule has 1 aromatic carbocycles. The Morgan fingerprint density at radius 1 is 1.45 bits per heavy atom. The lowest BCUT2D eigenvalue weighted by atomic mass is 10.1. The van der Waals surface area contributed by atoms with Crippen LogP contribution in [0.2, 0.25) is 0 Å². The van der Waals surface area contributed by atoms with Crippen molar-refractivity contribution >= 4 is 5.91 Å². The van der Waals surface area contributed by atoms with Crippen molar-refractivity contribution in [3.8, 4) is 5.75 Å². The summed E-state index contributed by atoms with van der Waals surface area (Å²) in [5, 5.41) is 2.74. The van der Waals surface area contributed by atoms with E-state index in [2.05, 4.69) is 12.2 Å². The van der Waals surface area contributed by atoms with Crippen LogP contribution >= 0.6 is 0 Å². The zero-order valence-electron chi connectivity index (χ0n) is 12.1. The van der Waals surface area contributed by atoms with E-state index in [0.717, 1.165) is 18.4 Å². The van der Waals surface area contributed by atoms with E-state index in [1.807, 2.05) is 6.92 Å². The molecule has 0 saturated carbocycles. The Morgan fingerprint density at radius 3 is 2.85 bits per heavy atom. The quantitative estimate of drug-likeness (QED) is 0.717. The maximum atomic E-state index is 13.4. The van der Waals surface area contributed by atoms with E-state index < -0.39 is 0 Å². The van der Waals surface area contributed by atoms with Gasteiger partial charge in [-0.3, -0.25) is 4.79 Å². The number of benzene rings is 1. The van der Waals surface area contributed by atoms with Crippen LogP contribution in [0, 0.1) is 5.82 Å². The van der Waals surface area contributed by atoms with Crippen LogP contribution in [0.3, 0.4) is 0 Å². The summed E-state index contributed by atoms with van der Waals surface area (Å²) in [5.74, 6) is -0.229. The van der Waals surface area contributed by atoms with Crippen molar-refractivity contribution in [2.24, 2.45) is 5.73 Å². The van der Waals surface area contributed by atoms with Gasteiger partial charge in [-0.15, -0.1) is 0 Å². The molecular weight excluding hydrogens is 259 g/mol. The van der Waals surface area contributed by atoms with Crippen LogP contribution in [0.15, 0.2) is 18.2 Å². The third-order valence-corrected chi connectivity index (χ3v) is 2.71. The Kier molecular flexibility index (Phi) is 7.01. The first-order chi connectivity index (χ1) is 9.51. The fourth-order valence-electron chi connectivity index (χ4n) is 1.80. The molecule has 4 nitrogen and oxygen atoms in total. The molecule has 0 heterocycles. The first-order valence-corrected chi connectivity index (χ1v) is 6.95. The highest BCUT2D eigenvalue weighted by molar-refractivity contribution is 5.77. The van der Waals surface area contributed by atoms with E-state index in [-0.39, 0.29) is 24.4 Å². The van der Waals surface area contributed by atoms with Crippen LogP contribution in [-0.2, 0) is 11.2 Å². The predicted molar refractivity (Wildman–Crippen MR) is 77.2 cm³/mol. The summed E-state index contributed by atoms with van der Waals surface area (Å²) in [5.41, 5.74) is 6.45. The Morgan fingerprint density at radius 2 is 2.20 bits per heavy atom. The molecular formula is C15H23FN2O2. The monoisotopic (exact) mass is 282 g/mol. The molecule has 3 N–H and O–H groups in total. The van der Waals surface area contributed by atoms with Crippen molar-refractivity contribution in [3.63, 3.8) is 0 Å². The number of carbonyl (C=O) groups excluding carboxylic acids is 1. The molecule has 1 aromatic rings. The van der Waals surface area contributed by atoms with E-state index in [1.54, 1.807) is 6.07 Å². The smallest absolute Gasteiger partial charge is 0.257 e. The Balaban J connectivity index is 2.50. The molecule has 5 heteroatoms. The lowest BCUT2D eigenvalue weighted by molar-refractivity contribution is -0.123. The number of hydrogen-bond acceptors (Lipinski definition) is 3. The molecule has 0 bridgehead atoms. The molecule has 0 radical (unpaired) electrons. The standard InChI is InChI=1S/C15H23FN2O2/c1-3-4-5-18-15(19)10-20-14-8-12(6-11(2)17)7-13(16)9-14/h7-9,11H,3-6,10,17H2,1-2H3,(H,18,19). The van der Waals surface area contributed by atoms with Gasteiger partial charge in [0, 0.05) is 18.7 Å². The van der Waals surface area contributed by atoms with Crippen molar-refractivity contribution in [2.75, 3.05) is 13.2 Å². The molecule has 0 spiro atoms. The van der Waals surface area contributed by atoms with Gasteiger partial charge in [0.1, 0.15) is 11.6 Å². The highest BCUT2D eigenvalue weighted by Crippen LogP contribution is 2.17. The fourth-order valence-corrected chi connectivity index (χ4v) is 1.80. The zero-order valence-corrected chi connectivity index (χ0v) is 12.1. The SMILES string of the molecule is CCCCNC(=O)COc1cc(F)cc(CC(C)N)c1. The molecule has 0 fully saturated rings. The Hall–Kier alpha value is -1.62. The van der Waals surface area contributed by atoms with Gasteiger partial charge in [-0.05, 0) is 37.5 Å². The van der Waals surface area contributed by atoms with Gasteiger partial charge in [-0.1, -0.05) is 13.3 Å². The molecule has 0 aliphatic rings. The molecule has 0 aromatic heterocycles. The van der Waals surface area contributed by atoms with Crippen molar-refractivity contribution in [2.45, 2.75) is 39.2 Å². The number of rotatable bonds is 8. The fraction of sp³-hybridized carbons (Fsp3) is 0.533. The minimum absolute atomic E-state index is 0.0537. The summed E-state index contributed by atoms with van der Waals surface area (Å²) in [6.07, 6.45) is 2.52. The van der Waals surface area contributed by atoms with E-state index in [9.17, 15) is 9.18 Å². The summed E-state index contributed by atoms with van der Waals surface area (Å²) >= 11 is 0.